The molecule has 0 aliphatic heterocycles. The molecule has 7 nitrogen and oxygen atoms in total. The van der Waals surface area contributed by atoms with Gasteiger partial charge in [0.25, 0.3) is 11.8 Å². The molecule has 2 amide bonds. The lowest BCUT2D eigenvalue weighted by Crippen LogP contribution is -2.17. The van der Waals surface area contributed by atoms with E-state index in [2.05, 4.69) is 20.8 Å². The van der Waals surface area contributed by atoms with Crippen LogP contribution in [-0.4, -0.2) is 30.1 Å². The fourth-order valence-electron chi connectivity index (χ4n) is 2.34. The summed E-state index contributed by atoms with van der Waals surface area (Å²) in [5, 5.41) is 6.71. The van der Waals surface area contributed by atoms with E-state index < -0.39 is 0 Å². The molecule has 0 aliphatic rings. The minimum atomic E-state index is -0.363. The largest absolute Gasteiger partial charge is 0.481 e. The number of ether oxygens (including phenoxy) is 1. The molecule has 0 bridgehead atoms. The van der Waals surface area contributed by atoms with Crippen LogP contribution in [0.2, 0.25) is 0 Å². The van der Waals surface area contributed by atoms with E-state index in [-0.39, 0.29) is 11.8 Å². The first kappa shape index (κ1) is 18.8. The fraction of sp³-hybridized carbons (Fsp3) is 0.0476. The number of rotatable bonds is 6. The Labute approximate surface area is 162 Å². The molecule has 0 atom stereocenters. The van der Waals surface area contributed by atoms with Crippen LogP contribution in [0.3, 0.4) is 0 Å². The zero-order chi connectivity index (χ0) is 19.8. The summed E-state index contributed by atoms with van der Waals surface area (Å²) < 4.78 is 5.03. The van der Waals surface area contributed by atoms with Crippen LogP contribution in [0, 0.1) is 0 Å². The van der Waals surface area contributed by atoms with Crippen LogP contribution in [0.5, 0.6) is 5.88 Å². The first-order valence-electron chi connectivity index (χ1n) is 8.45. The van der Waals surface area contributed by atoms with Crippen molar-refractivity contribution in [3.8, 4) is 5.88 Å². The third kappa shape index (κ3) is 5.01. The monoisotopic (exact) mass is 374 g/mol. The van der Waals surface area contributed by atoms with Gasteiger partial charge >= 0.3 is 0 Å². The molecule has 2 N–H and O–H groups in total. The molecular formula is C21H18N4O3. The van der Waals surface area contributed by atoms with Gasteiger partial charge in [0.15, 0.2) is 0 Å². The van der Waals surface area contributed by atoms with E-state index in [9.17, 15) is 9.59 Å². The Morgan fingerprint density at radius 1 is 0.964 bits per heavy atom. The highest BCUT2D eigenvalue weighted by Gasteiger charge is 2.07. The van der Waals surface area contributed by atoms with Gasteiger partial charge in [-0.15, -0.1) is 0 Å². The summed E-state index contributed by atoms with van der Waals surface area (Å²) in [6, 6.07) is 18.9. The molecule has 140 valence electrons. The zero-order valence-electron chi connectivity index (χ0n) is 15.1. The van der Waals surface area contributed by atoms with Gasteiger partial charge < -0.3 is 10.1 Å². The van der Waals surface area contributed by atoms with Crippen molar-refractivity contribution in [1.29, 1.82) is 0 Å². The summed E-state index contributed by atoms with van der Waals surface area (Å²) in [5.41, 5.74) is 4.77. The predicted molar refractivity (Wildman–Crippen MR) is 107 cm³/mol. The number of methoxy groups -OCH3 is 1. The van der Waals surface area contributed by atoms with Gasteiger partial charge in [0.1, 0.15) is 0 Å². The van der Waals surface area contributed by atoms with Crippen molar-refractivity contribution in [3.05, 3.63) is 89.6 Å². The Hall–Kier alpha value is -4.00. The second-order valence-corrected chi connectivity index (χ2v) is 5.73. The smallest absolute Gasteiger partial charge is 0.271 e. The number of carbonyl (C=O) groups is 2. The Morgan fingerprint density at radius 2 is 1.68 bits per heavy atom. The number of hydrazone groups is 1. The van der Waals surface area contributed by atoms with Crippen molar-refractivity contribution in [2.24, 2.45) is 5.10 Å². The normalized spacial score (nSPS) is 10.5. The van der Waals surface area contributed by atoms with Gasteiger partial charge in [-0.25, -0.2) is 10.4 Å². The fourth-order valence-corrected chi connectivity index (χ4v) is 2.34. The molecule has 3 aromatic rings. The van der Waals surface area contributed by atoms with Crippen LogP contribution in [0.1, 0.15) is 26.3 Å². The molecule has 0 saturated heterocycles. The van der Waals surface area contributed by atoms with Crippen molar-refractivity contribution in [1.82, 2.24) is 10.4 Å². The molecule has 7 heteroatoms. The number of amides is 2. The number of hydrogen-bond acceptors (Lipinski definition) is 5. The molecule has 1 heterocycles. The van der Waals surface area contributed by atoms with E-state index in [1.165, 1.54) is 13.3 Å². The third-order valence-corrected chi connectivity index (χ3v) is 3.79. The van der Waals surface area contributed by atoms with Crippen molar-refractivity contribution in [3.63, 3.8) is 0 Å². The molecule has 0 radical (unpaired) electrons. The molecule has 0 fully saturated rings. The Morgan fingerprint density at radius 3 is 2.39 bits per heavy atom. The van der Waals surface area contributed by atoms with Gasteiger partial charge in [-0.1, -0.05) is 18.2 Å². The van der Waals surface area contributed by atoms with Crippen molar-refractivity contribution in [2.45, 2.75) is 0 Å². The second-order valence-electron chi connectivity index (χ2n) is 5.73. The van der Waals surface area contributed by atoms with E-state index in [1.54, 1.807) is 66.9 Å². The van der Waals surface area contributed by atoms with Gasteiger partial charge in [-0.2, -0.15) is 5.10 Å². The average Bonchev–Trinajstić information content (AvgIpc) is 2.75. The maximum Gasteiger partial charge on any atom is 0.271 e. The van der Waals surface area contributed by atoms with E-state index in [0.29, 0.717) is 22.7 Å². The van der Waals surface area contributed by atoms with Crippen molar-refractivity contribution < 1.29 is 14.3 Å². The summed E-state index contributed by atoms with van der Waals surface area (Å²) in [6.45, 7) is 0. The maximum absolute atomic E-state index is 12.2. The summed E-state index contributed by atoms with van der Waals surface area (Å²) in [4.78, 5) is 28.3. The molecule has 0 saturated carbocycles. The molecule has 1 aromatic heterocycles. The molecule has 0 spiro atoms. The molecule has 2 aromatic carbocycles. The Kier molecular flexibility index (Phi) is 6.10. The molecular weight excluding hydrogens is 356 g/mol. The van der Waals surface area contributed by atoms with Crippen LogP contribution >= 0.6 is 0 Å². The standard InChI is InChI=1S/C21H18N4O3/c1-28-19-13-15(11-12-22-19)14-23-25-21(27)17-7-9-18(10-8-17)24-20(26)16-5-3-2-4-6-16/h2-14H,1H3,(H,24,26)(H,25,27)/b23-14+. The Balaban J connectivity index is 1.57. The highest BCUT2D eigenvalue weighted by Crippen LogP contribution is 2.12. The first-order valence-corrected chi connectivity index (χ1v) is 8.45. The van der Waals surface area contributed by atoms with E-state index in [0.717, 1.165) is 5.56 Å². The molecule has 28 heavy (non-hydrogen) atoms. The van der Waals surface area contributed by atoms with Crippen LogP contribution in [0.25, 0.3) is 0 Å². The SMILES string of the molecule is COc1cc(/C=N/NC(=O)c2ccc(NC(=O)c3ccccc3)cc2)ccn1. The lowest BCUT2D eigenvalue weighted by molar-refractivity contribution is 0.0954. The average molecular weight is 374 g/mol. The topological polar surface area (TPSA) is 92.7 Å². The van der Waals surface area contributed by atoms with Crippen LogP contribution < -0.4 is 15.5 Å². The van der Waals surface area contributed by atoms with Gasteiger partial charge in [0, 0.05) is 34.6 Å². The quantitative estimate of drug-likeness (QED) is 0.512. The summed E-state index contributed by atoms with van der Waals surface area (Å²) in [7, 11) is 1.52. The molecule has 0 unspecified atom stereocenters. The maximum atomic E-state index is 12.2. The number of hydrogen-bond donors (Lipinski definition) is 2. The minimum absolute atomic E-state index is 0.213. The van der Waals surface area contributed by atoms with Gasteiger partial charge in [0.2, 0.25) is 5.88 Å². The van der Waals surface area contributed by atoms with Crippen LogP contribution in [0.4, 0.5) is 5.69 Å². The van der Waals surface area contributed by atoms with Gasteiger partial charge in [0.05, 0.1) is 13.3 Å². The highest BCUT2D eigenvalue weighted by molar-refractivity contribution is 6.04. The lowest BCUT2D eigenvalue weighted by atomic mass is 10.2. The summed E-state index contributed by atoms with van der Waals surface area (Å²) >= 11 is 0. The summed E-state index contributed by atoms with van der Waals surface area (Å²) in [6.07, 6.45) is 3.08. The zero-order valence-corrected chi connectivity index (χ0v) is 15.1. The number of nitrogens with one attached hydrogen (secondary N) is 2. The van der Waals surface area contributed by atoms with Crippen LogP contribution in [-0.2, 0) is 0 Å². The number of aromatic nitrogens is 1. The second kappa shape index (κ2) is 9.09. The number of carbonyl (C=O) groups excluding carboxylic acids is 2. The van der Waals surface area contributed by atoms with E-state index in [4.69, 9.17) is 4.74 Å². The summed E-state index contributed by atoms with van der Waals surface area (Å²) in [5.74, 6) is -0.114. The number of nitrogens with zero attached hydrogens (tertiary/aromatic N) is 2. The highest BCUT2D eigenvalue weighted by atomic mass is 16.5. The number of anilines is 1. The Bertz CT molecular complexity index is 986. The van der Waals surface area contributed by atoms with Gasteiger partial charge in [-0.05, 0) is 42.5 Å². The van der Waals surface area contributed by atoms with E-state index >= 15 is 0 Å². The third-order valence-electron chi connectivity index (χ3n) is 3.79. The number of benzene rings is 2. The number of pyridine rings is 1. The van der Waals surface area contributed by atoms with Gasteiger partial charge in [-0.3, -0.25) is 9.59 Å². The predicted octanol–water partition coefficient (Wildman–Crippen LogP) is 3.11. The van der Waals surface area contributed by atoms with Crippen molar-refractivity contribution >= 4 is 23.7 Å². The molecule has 0 aliphatic carbocycles. The minimum Gasteiger partial charge on any atom is -0.481 e. The van der Waals surface area contributed by atoms with E-state index in [1.807, 2.05) is 6.07 Å². The first-order chi connectivity index (χ1) is 13.7. The lowest BCUT2D eigenvalue weighted by Gasteiger charge is -2.06. The molecule has 3 rings (SSSR count). The van der Waals surface area contributed by atoms with Crippen molar-refractivity contribution in [2.75, 3.05) is 12.4 Å². The van der Waals surface area contributed by atoms with Crippen LogP contribution in [0.15, 0.2) is 78.0 Å².